The highest BCUT2D eigenvalue weighted by atomic mass is 32.2. The SMILES string of the molecule is CCc1nnsc1C(=O)Nc1ccc(C)c(S(=O)(=O)N(CC)CC)c1. The lowest BCUT2D eigenvalue weighted by atomic mass is 10.2. The molecule has 0 aliphatic rings. The molecule has 9 heteroatoms. The smallest absolute Gasteiger partial charge is 0.269 e. The summed E-state index contributed by atoms with van der Waals surface area (Å²) in [6.07, 6.45) is 0.606. The van der Waals surface area contributed by atoms with Gasteiger partial charge in [-0.25, -0.2) is 8.42 Å². The molecule has 0 saturated carbocycles. The summed E-state index contributed by atoms with van der Waals surface area (Å²) in [6.45, 7) is 8.01. The Kier molecular flexibility index (Phi) is 6.26. The molecule has 0 spiro atoms. The average Bonchev–Trinajstić information content (AvgIpc) is 3.06. The van der Waals surface area contributed by atoms with Crippen LogP contribution in [0.5, 0.6) is 0 Å². The summed E-state index contributed by atoms with van der Waals surface area (Å²) in [6, 6.07) is 4.88. The molecule has 0 unspecified atom stereocenters. The van der Waals surface area contributed by atoms with Crippen molar-refractivity contribution in [3.05, 3.63) is 34.3 Å². The molecular formula is C16H22N4O3S2. The van der Waals surface area contributed by atoms with E-state index in [1.807, 2.05) is 6.92 Å². The van der Waals surface area contributed by atoms with E-state index in [1.54, 1.807) is 32.9 Å². The molecule has 0 atom stereocenters. The fraction of sp³-hybridized carbons (Fsp3) is 0.438. The van der Waals surface area contributed by atoms with Gasteiger partial charge in [0.05, 0.1) is 10.6 Å². The number of hydrogen-bond donors (Lipinski definition) is 1. The highest BCUT2D eigenvalue weighted by Gasteiger charge is 2.24. The third-order valence-corrected chi connectivity index (χ3v) is 6.82. The predicted octanol–water partition coefficient (Wildman–Crippen LogP) is 2.69. The Morgan fingerprint density at radius 1 is 1.24 bits per heavy atom. The monoisotopic (exact) mass is 382 g/mol. The number of amides is 1. The summed E-state index contributed by atoms with van der Waals surface area (Å²) in [7, 11) is -3.60. The minimum absolute atomic E-state index is 0.201. The van der Waals surface area contributed by atoms with E-state index in [-0.39, 0.29) is 10.8 Å². The van der Waals surface area contributed by atoms with E-state index >= 15 is 0 Å². The van der Waals surface area contributed by atoms with Gasteiger partial charge in [-0.2, -0.15) is 4.31 Å². The Morgan fingerprint density at radius 2 is 1.92 bits per heavy atom. The molecular weight excluding hydrogens is 360 g/mol. The molecule has 1 heterocycles. The lowest BCUT2D eigenvalue weighted by Crippen LogP contribution is -2.31. The van der Waals surface area contributed by atoms with E-state index in [4.69, 9.17) is 0 Å². The van der Waals surface area contributed by atoms with E-state index in [0.717, 1.165) is 11.5 Å². The van der Waals surface area contributed by atoms with Gasteiger partial charge in [-0.3, -0.25) is 4.79 Å². The molecule has 0 bridgehead atoms. The first kappa shape index (κ1) is 19.5. The lowest BCUT2D eigenvalue weighted by Gasteiger charge is -2.20. The van der Waals surface area contributed by atoms with Crippen molar-refractivity contribution < 1.29 is 13.2 Å². The molecule has 2 aromatic rings. The number of rotatable bonds is 7. The maximum absolute atomic E-state index is 12.8. The van der Waals surface area contributed by atoms with Crippen molar-refractivity contribution in [1.82, 2.24) is 13.9 Å². The summed E-state index contributed by atoms with van der Waals surface area (Å²) < 4.78 is 30.7. The standard InChI is InChI=1S/C16H22N4O3S2/c1-5-13-15(24-19-18-13)16(21)17-12-9-8-11(4)14(10-12)25(22,23)20(6-2)7-3/h8-10H,5-7H2,1-4H3,(H,17,21). The molecule has 7 nitrogen and oxygen atoms in total. The number of aryl methyl sites for hydroxylation is 2. The summed E-state index contributed by atoms with van der Waals surface area (Å²) in [5.74, 6) is -0.332. The predicted molar refractivity (Wildman–Crippen MR) is 98.5 cm³/mol. The Balaban J connectivity index is 2.35. The maximum Gasteiger partial charge on any atom is 0.269 e. The van der Waals surface area contributed by atoms with Gasteiger partial charge in [0, 0.05) is 18.8 Å². The van der Waals surface area contributed by atoms with Crippen molar-refractivity contribution >= 4 is 33.2 Å². The molecule has 0 aliphatic carbocycles. The number of nitrogens with zero attached hydrogens (tertiary/aromatic N) is 3. The van der Waals surface area contributed by atoms with Crippen molar-refractivity contribution in [3.63, 3.8) is 0 Å². The summed E-state index contributed by atoms with van der Waals surface area (Å²) in [4.78, 5) is 13.0. The Morgan fingerprint density at radius 3 is 2.52 bits per heavy atom. The number of carbonyl (C=O) groups excluding carboxylic acids is 1. The largest absolute Gasteiger partial charge is 0.321 e. The van der Waals surface area contributed by atoms with E-state index in [1.165, 1.54) is 10.4 Å². The van der Waals surface area contributed by atoms with Crippen molar-refractivity contribution in [2.45, 2.75) is 39.0 Å². The molecule has 136 valence electrons. The van der Waals surface area contributed by atoms with Crippen LogP contribution in [0.2, 0.25) is 0 Å². The van der Waals surface area contributed by atoms with E-state index in [0.29, 0.717) is 41.3 Å². The number of anilines is 1. The number of sulfonamides is 1. The second-order valence-corrected chi connectivity index (χ2v) is 8.09. The lowest BCUT2D eigenvalue weighted by molar-refractivity contribution is 0.102. The van der Waals surface area contributed by atoms with Crippen LogP contribution in [-0.2, 0) is 16.4 Å². The highest BCUT2D eigenvalue weighted by molar-refractivity contribution is 7.89. The minimum Gasteiger partial charge on any atom is -0.321 e. The fourth-order valence-corrected chi connectivity index (χ4v) is 4.81. The first-order chi connectivity index (χ1) is 11.8. The van der Waals surface area contributed by atoms with Crippen LogP contribution in [0, 0.1) is 6.92 Å². The zero-order valence-electron chi connectivity index (χ0n) is 14.7. The normalized spacial score (nSPS) is 11.7. The first-order valence-electron chi connectivity index (χ1n) is 8.08. The van der Waals surface area contributed by atoms with Crippen LogP contribution in [0.1, 0.15) is 41.7 Å². The molecule has 1 aromatic heterocycles. The fourth-order valence-electron chi connectivity index (χ4n) is 2.46. The summed E-state index contributed by atoms with van der Waals surface area (Å²) >= 11 is 1.03. The van der Waals surface area contributed by atoms with Crippen LogP contribution in [0.15, 0.2) is 23.1 Å². The van der Waals surface area contributed by atoms with Crippen molar-refractivity contribution in [1.29, 1.82) is 0 Å². The zero-order chi connectivity index (χ0) is 18.6. The van der Waals surface area contributed by atoms with Crippen molar-refractivity contribution in [3.8, 4) is 0 Å². The van der Waals surface area contributed by atoms with Crippen LogP contribution < -0.4 is 5.32 Å². The minimum atomic E-state index is -3.60. The third kappa shape index (κ3) is 4.05. The van der Waals surface area contributed by atoms with Gasteiger partial charge in [0.15, 0.2) is 0 Å². The number of hydrogen-bond acceptors (Lipinski definition) is 6. The molecule has 1 amide bonds. The Hall–Kier alpha value is -1.84. The van der Waals surface area contributed by atoms with Gasteiger partial charge >= 0.3 is 0 Å². The molecule has 0 radical (unpaired) electrons. The van der Waals surface area contributed by atoms with Gasteiger partial charge in [-0.15, -0.1) is 5.10 Å². The van der Waals surface area contributed by atoms with Gasteiger partial charge in [-0.05, 0) is 42.6 Å². The van der Waals surface area contributed by atoms with E-state index in [9.17, 15) is 13.2 Å². The van der Waals surface area contributed by atoms with Gasteiger partial charge in [-0.1, -0.05) is 31.3 Å². The second-order valence-electron chi connectivity index (χ2n) is 5.43. The molecule has 0 aliphatic heterocycles. The van der Waals surface area contributed by atoms with Crippen LogP contribution in [-0.4, -0.2) is 41.3 Å². The Bertz CT molecular complexity index is 858. The van der Waals surface area contributed by atoms with E-state index in [2.05, 4.69) is 14.9 Å². The van der Waals surface area contributed by atoms with Gasteiger partial charge < -0.3 is 5.32 Å². The van der Waals surface area contributed by atoms with Crippen LogP contribution in [0.3, 0.4) is 0 Å². The van der Waals surface area contributed by atoms with Gasteiger partial charge in [0.25, 0.3) is 5.91 Å². The first-order valence-corrected chi connectivity index (χ1v) is 10.3. The molecule has 1 N–H and O–H groups in total. The van der Waals surface area contributed by atoms with Crippen molar-refractivity contribution in [2.24, 2.45) is 0 Å². The third-order valence-electron chi connectivity index (χ3n) is 3.87. The van der Waals surface area contributed by atoms with Gasteiger partial charge in [0.1, 0.15) is 4.88 Å². The molecule has 25 heavy (non-hydrogen) atoms. The number of carbonyl (C=O) groups is 1. The molecule has 2 rings (SSSR count). The Labute approximate surface area is 152 Å². The number of nitrogens with one attached hydrogen (secondary N) is 1. The molecule has 1 aromatic carbocycles. The average molecular weight is 383 g/mol. The number of benzene rings is 1. The second kappa shape index (κ2) is 8.03. The maximum atomic E-state index is 12.8. The van der Waals surface area contributed by atoms with Crippen LogP contribution in [0.4, 0.5) is 5.69 Å². The summed E-state index contributed by atoms with van der Waals surface area (Å²) in [5, 5.41) is 6.66. The van der Waals surface area contributed by atoms with Crippen molar-refractivity contribution in [2.75, 3.05) is 18.4 Å². The number of aromatic nitrogens is 2. The zero-order valence-corrected chi connectivity index (χ0v) is 16.4. The molecule has 0 fully saturated rings. The van der Waals surface area contributed by atoms with E-state index < -0.39 is 10.0 Å². The highest BCUT2D eigenvalue weighted by Crippen LogP contribution is 2.24. The topological polar surface area (TPSA) is 92.3 Å². The van der Waals surface area contributed by atoms with Crippen LogP contribution in [0.25, 0.3) is 0 Å². The molecule has 0 saturated heterocycles. The quantitative estimate of drug-likeness (QED) is 0.795. The summed E-state index contributed by atoms with van der Waals surface area (Å²) in [5.41, 5.74) is 1.70. The van der Waals surface area contributed by atoms with Gasteiger partial charge in [0.2, 0.25) is 10.0 Å². The van der Waals surface area contributed by atoms with Crippen LogP contribution >= 0.6 is 11.5 Å².